The summed E-state index contributed by atoms with van der Waals surface area (Å²) in [6.45, 7) is 1.53. The first-order valence-corrected chi connectivity index (χ1v) is 3.85. The van der Waals surface area contributed by atoms with Gasteiger partial charge in [-0.15, -0.1) is 0 Å². The third-order valence-corrected chi connectivity index (χ3v) is 1.91. The number of nitrogens with zero attached hydrogens (tertiary/aromatic N) is 2. The SMILES string of the molecule is Cc1nc2c(F)cc(F)cn2c1[C-]=O.[K+].[OH-]. The predicted octanol–water partition coefficient (Wildman–Crippen LogP) is -1.79. The molecule has 0 spiro atoms. The van der Waals surface area contributed by atoms with Crippen molar-refractivity contribution in [1.82, 2.24) is 9.38 Å². The molecule has 7 heteroatoms. The standard InChI is InChI=1S/C9H5F2N2O.K.H2O/c1-5-8(4-14)13-3-6(10)2-7(11)9(13)12-5;;/h2-3H,1H3;;1H2/q-1;+1;/p-1. The molecule has 80 valence electrons. The molecule has 0 saturated carbocycles. The summed E-state index contributed by atoms with van der Waals surface area (Å²) in [6.07, 6.45) is 2.59. The Morgan fingerprint density at radius 3 is 2.62 bits per heavy atom. The Kier molecular flexibility index (Phi) is 5.87. The monoisotopic (exact) mass is 251 g/mol. The van der Waals surface area contributed by atoms with Gasteiger partial charge in [-0.05, 0) is 0 Å². The van der Waals surface area contributed by atoms with E-state index in [2.05, 4.69) is 4.98 Å². The van der Waals surface area contributed by atoms with Crippen molar-refractivity contribution in [3.63, 3.8) is 0 Å². The van der Waals surface area contributed by atoms with E-state index in [1.807, 2.05) is 0 Å². The van der Waals surface area contributed by atoms with E-state index in [4.69, 9.17) is 0 Å². The minimum absolute atomic E-state index is 0. The number of aromatic nitrogens is 2. The normalized spacial score (nSPS) is 9.44. The van der Waals surface area contributed by atoms with Crippen molar-refractivity contribution in [3.05, 3.63) is 35.3 Å². The summed E-state index contributed by atoms with van der Waals surface area (Å²) in [5.41, 5.74) is 0.296. The van der Waals surface area contributed by atoms with Crippen LogP contribution in [0.5, 0.6) is 0 Å². The molecule has 0 bridgehead atoms. The van der Waals surface area contributed by atoms with Crippen LogP contribution in [0.2, 0.25) is 0 Å². The van der Waals surface area contributed by atoms with Crippen LogP contribution in [0, 0.1) is 18.6 Å². The van der Waals surface area contributed by atoms with Gasteiger partial charge in [0, 0.05) is 18.5 Å². The van der Waals surface area contributed by atoms with E-state index in [-0.39, 0.29) is 68.2 Å². The van der Waals surface area contributed by atoms with Gasteiger partial charge < -0.3 is 19.7 Å². The van der Waals surface area contributed by atoms with Gasteiger partial charge in [0.25, 0.3) is 0 Å². The molecule has 0 unspecified atom stereocenters. The quantitative estimate of drug-likeness (QED) is 0.444. The number of rotatable bonds is 1. The minimum atomic E-state index is -0.797. The number of fused-ring (bicyclic) bond motifs is 1. The second-order valence-electron chi connectivity index (χ2n) is 2.85. The van der Waals surface area contributed by atoms with Gasteiger partial charge in [0.1, 0.15) is 5.82 Å². The third-order valence-electron chi connectivity index (χ3n) is 1.91. The van der Waals surface area contributed by atoms with Crippen molar-refractivity contribution in [2.45, 2.75) is 6.92 Å². The first kappa shape index (κ1) is 15.8. The fraction of sp³-hybridized carbons (Fsp3) is 0.111. The van der Waals surface area contributed by atoms with Gasteiger partial charge in [0.2, 0.25) is 0 Å². The fourth-order valence-electron chi connectivity index (χ4n) is 1.31. The van der Waals surface area contributed by atoms with Gasteiger partial charge in [-0.1, -0.05) is 18.3 Å². The van der Waals surface area contributed by atoms with Gasteiger partial charge in [-0.2, -0.15) is 0 Å². The average molecular weight is 251 g/mol. The Balaban J connectivity index is 0.00000112. The largest absolute Gasteiger partial charge is 1.00 e. The molecule has 1 N–H and O–H groups in total. The molecule has 0 fully saturated rings. The minimum Gasteiger partial charge on any atom is -0.870 e. The second kappa shape index (κ2) is 5.94. The topological polar surface area (TPSA) is 64.4 Å². The van der Waals surface area contributed by atoms with E-state index in [9.17, 15) is 13.6 Å². The number of hydrogen-bond acceptors (Lipinski definition) is 3. The summed E-state index contributed by atoms with van der Waals surface area (Å²) in [4.78, 5) is 14.3. The van der Waals surface area contributed by atoms with Crippen molar-refractivity contribution in [1.29, 1.82) is 0 Å². The molecule has 0 atom stereocenters. The van der Waals surface area contributed by atoms with Crippen LogP contribution in [-0.2, 0) is 4.79 Å². The fourth-order valence-corrected chi connectivity index (χ4v) is 1.31. The number of imidazole rings is 1. The van der Waals surface area contributed by atoms with Gasteiger partial charge in [0.15, 0.2) is 11.5 Å². The van der Waals surface area contributed by atoms with Crippen molar-refractivity contribution in [2.75, 3.05) is 0 Å². The van der Waals surface area contributed by atoms with E-state index >= 15 is 0 Å². The van der Waals surface area contributed by atoms with Gasteiger partial charge in [-0.3, -0.25) is 0 Å². The van der Waals surface area contributed by atoms with Crippen molar-refractivity contribution >= 4 is 11.9 Å². The summed E-state index contributed by atoms with van der Waals surface area (Å²) in [5.74, 6) is -1.56. The van der Waals surface area contributed by atoms with Crippen molar-refractivity contribution in [2.24, 2.45) is 0 Å². The number of aryl methyl sites for hydroxylation is 1. The van der Waals surface area contributed by atoms with Crippen LogP contribution >= 0.6 is 0 Å². The maximum absolute atomic E-state index is 13.1. The molecule has 2 heterocycles. The predicted molar refractivity (Wildman–Crippen MR) is 46.6 cm³/mol. The van der Waals surface area contributed by atoms with E-state index in [0.29, 0.717) is 5.69 Å². The Labute approximate surface area is 132 Å². The maximum Gasteiger partial charge on any atom is 1.00 e. The molecular weight excluding hydrogens is 245 g/mol. The van der Waals surface area contributed by atoms with Gasteiger partial charge in [-0.25, -0.2) is 8.78 Å². The van der Waals surface area contributed by atoms with Crippen LogP contribution in [0.1, 0.15) is 11.4 Å². The van der Waals surface area contributed by atoms with Crippen LogP contribution in [0.3, 0.4) is 0 Å². The number of carbonyl (C=O) groups excluding carboxylic acids is 1. The molecule has 2 rings (SSSR count). The van der Waals surface area contributed by atoms with E-state index in [1.165, 1.54) is 6.92 Å². The zero-order valence-corrected chi connectivity index (χ0v) is 11.8. The van der Waals surface area contributed by atoms with Gasteiger partial charge >= 0.3 is 51.4 Å². The van der Waals surface area contributed by atoms with E-state index < -0.39 is 11.6 Å². The summed E-state index contributed by atoms with van der Waals surface area (Å²) in [7, 11) is 0. The third kappa shape index (κ3) is 2.55. The molecular formula is C9H6F2KN2O2-. The number of halogens is 2. The van der Waals surface area contributed by atoms with E-state index in [1.54, 1.807) is 6.29 Å². The van der Waals surface area contributed by atoms with Crippen molar-refractivity contribution in [3.8, 4) is 0 Å². The first-order valence-electron chi connectivity index (χ1n) is 3.85. The number of pyridine rings is 1. The molecule has 2 aromatic heterocycles. The van der Waals surface area contributed by atoms with E-state index in [0.717, 1.165) is 16.7 Å². The second-order valence-corrected chi connectivity index (χ2v) is 2.85. The molecule has 2 aromatic rings. The molecule has 4 nitrogen and oxygen atoms in total. The zero-order valence-electron chi connectivity index (χ0n) is 8.66. The summed E-state index contributed by atoms with van der Waals surface area (Å²) >= 11 is 0. The van der Waals surface area contributed by atoms with Gasteiger partial charge in [0.05, 0.1) is 0 Å². The zero-order chi connectivity index (χ0) is 10.3. The smallest absolute Gasteiger partial charge is 0.870 e. The summed E-state index contributed by atoms with van der Waals surface area (Å²) in [6, 6.07) is 0.719. The maximum atomic E-state index is 13.1. The van der Waals surface area contributed by atoms with Crippen molar-refractivity contribution < 1.29 is 70.4 Å². The first-order chi connectivity index (χ1) is 6.63. The Hall–Kier alpha value is -0.184. The number of hydrogen-bond donors (Lipinski definition) is 0. The molecule has 0 aromatic carbocycles. The van der Waals surface area contributed by atoms with Crippen LogP contribution in [-0.4, -0.2) is 21.1 Å². The molecule has 0 radical (unpaired) electrons. The van der Waals surface area contributed by atoms with Crippen LogP contribution in [0.15, 0.2) is 12.3 Å². The molecule has 0 saturated heterocycles. The van der Waals surface area contributed by atoms with Crippen LogP contribution < -0.4 is 51.4 Å². The Morgan fingerprint density at radius 2 is 2.06 bits per heavy atom. The summed E-state index contributed by atoms with van der Waals surface area (Å²) in [5, 5.41) is 0. The Morgan fingerprint density at radius 1 is 1.44 bits per heavy atom. The molecule has 0 aliphatic carbocycles. The summed E-state index contributed by atoms with van der Waals surface area (Å²) < 4.78 is 27.0. The molecule has 0 aliphatic heterocycles. The van der Waals surface area contributed by atoms with Crippen LogP contribution in [0.4, 0.5) is 8.78 Å². The molecule has 16 heavy (non-hydrogen) atoms. The Bertz CT molecular complexity index is 528. The molecule has 0 amide bonds. The average Bonchev–Trinajstić information content (AvgIpc) is 2.41. The molecule has 0 aliphatic rings. The van der Waals surface area contributed by atoms with Crippen LogP contribution in [0.25, 0.3) is 5.65 Å².